The maximum atomic E-state index is 12.7. The number of anilines is 1. The first kappa shape index (κ1) is 14.6. The molecule has 0 heterocycles. The average molecular weight is 291 g/mol. The first-order valence-corrected chi connectivity index (χ1v) is 7.65. The van der Waals surface area contributed by atoms with E-state index in [-0.39, 0.29) is 4.90 Å². The number of benzene rings is 2. The van der Waals surface area contributed by atoms with Crippen molar-refractivity contribution < 1.29 is 13.5 Å². The standard InChI is InChI=1S/C15H17NO3S/c1-15(2,17)16(13-9-5-3-6-10-13)20(18,19)14-11-7-4-8-12-14/h3-12,17H,1-2H3. The molecule has 2 aromatic carbocycles. The Hall–Kier alpha value is -1.85. The summed E-state index contributed by atoms with van der Waals surface area (Å²) in [6, 6.07) is 16.6. The minimum absolute atomic E-state index is 0.144. The third-order valence-electron chi connectivity index (χ3n) is 2.77. The summed E-state index contributed by atoms with van der Waals surface area (Å²) in [7, 11) is -3.83. The van der Waals surface area contributed by atoms with Crippen LogP contribution in [0.1, 0.15) is 13.8 Å². The Labute approximate surface area is 119 Å². The van der Waals surface area contributed by atoms with Crippen molar-refractivity contribution in [1.29, 1.82) is 0 Å². The maximum Gasteiger partial charge on any atom is 0.266 e. The van der Waals surface area contributed by atoms with Gasteiger partial charge < -0.3 is 5.11 Å². The summed E-state index contributed by atoms with van der Waals surface area (Å²) in [6.45, 7) is 2.89. The zero-order valence-electron chi connectivity index (χ0n) is 11.4. The third-order valence-corrected chi connectivity index (χ3v) is 4.78. The first-order chi connectivity index (χ1) is 9.33. The SMILES string of the molecule is CC(C)(O)N(c1ccccc1)S(=O)(=O)c1ccccc1. The Morgan fingerprint density at radius 2 is 1.35 bits per heavy atom. The van der Waals surface area contributed by atoms with Crippen molar-refractivity contribution in [2.75, 3.05) is 4.31 Å². The van der Waals surface area contributed by atoms with Crippen molar-refractivity contribution in [2.24, 2.45) is 0 Å². The summed E-state index contributed by atoms with van der Waals surface area (Å²) in [5.41, 5.74) is -1.13. The Morgan fingerprint density at radius 3 is 1.80 bits per heavy atom. The minimum Gasteiger partial charge on any atom is -0.370 e. The van der Waals surface area contributed by atoms with Crippen LogP contribution in [0.3, 0.4) is 0 Å². The molecule has 0 amide bonds. The van der Waals surface area contributed by atoms with Crippen molar-refractivity contribution in [3.63, 3.8) is 0 Å². The van der Waals surface area contributed by atoms with Crippen molar-refractivity contribution in [3.8, 4) is 0 Å². The van der Waals surface area contributed by atoms with Gasteiger partial charge in [0, 0.05) is 0 Å². The van der Waals surface area contributed by atoms with E-state index in [0.717, 1.165) is 4.31 Å². The Kier molecular flexibility index (Phi) is 3.83. The second kappa shape index (κ2) is 5.26. The molecule has 0 spiro atoms. The van der Waals surface area contributed by atoms with Crippen molar-refractivity contribution in [1.82, 2.24) is 0 Å². The van der Waals surface area contributed by atoms with Gasteiger partial charge in [0.1, 0.15) is 5.72 Å². The van der Waals surface area contributed by atoms with E-state index in [2.05, 4.69) is 0 Å². The van der Waals surface area contributed by atoms with Crippen molar-refractivity contribution in [2.45, 2.75) is 24.5 Å². The summed E-state index contributed by atoms with van der Waals surface area (Å²) in [4.78, 5) is 0.144. The van der Waals surface area contributed by atoms with Gasteiger partial charge in [-0.05, 0) is 38.1 Å². The van der Waals surface area contributed by atoms with Gasteiger partial charge in [-0.15, -0.1) is 0 Å². The van der Waals surface area contributed by atoms with E-state index in [1.54, 1.807) is 48.5 Å². The molecule has 0 aliphatic carbocycles. The third kappa shape index (κ3) is 2.84. The molecular formula is C15H17NO3S. The molecule has 0 saturated carbocycles. The van der Waals surface area contributed by atoms with Crippen LogP contribution in [-0.4, -0.2) is 19.2 Å². The van der Waals surface area contributed by atoms with E-state index in [4.69, 9.17) is 0 Å². The molecule has 1 N–H and O–H groups in total. The summed E-state index contributed by atoms with van der Waals surface area (Å²) in [5.74, 6) is 0. The van der Waals surface area contributed by atoms with Gasteiger partial charge in [-0.1, -0.05) is 36.4 Å². The fourth-order valence-electron chi connectivity index (χ4n) is 2.01. The molecule has 2 rings (SSSR count). The molecule has 0 saturated heterocycles. The highest BCUT2D eigenvalue weighted by molar-refractivity contribution is 7.92. The van der Waals surface area contributed by atoms with Gasteiger partial charge in [0.15, 0.2) is 0 Å². The van der Waals surface area contributed by atoms with Crippen LogP contribution in [0.2, 0.25) is 0 Å². The lowest BCUT2D eigenvalue weighted by molar-refractivity contribution is 0.0934. The lowest BCUT2D eigenvalue weighted by Crippen LogP contribution is -2.47. The number of rotatable bonds is 4. The Bertz CT molecular complexity index is 661. The molecule has 0 aromatic heterocycles. The zero-order chi connectivity index (χ0) is 14.8. The number of hydrogen-bond donors (Lipinski definition) is 1. The summed E-state index contributed by atoms with van der Waals surface area (Å²) >= 11 is 0. The molecule has 0 fully saturated rings. The highest BCUT2D eigenvalue weighted by atomic mass is 32.2. The molecule has 20 heavy (non-hydrogen) atoms. The molecule has 0 aliphatic rings. The van der Waals surface area contributed by atoms with Gasteiger partial charge in [-0.3, -0.25) is 0 Å². The average Bonchev–Trinajstić information content (AvgIpc) is 2.39. The van der Waals surface area contributed by atoms with Gasteiger partial charge in [-0.25, -0.2) is 12.7 Å². The fraction of sp³-hybridized carbons (Fsp3) is 0.200. The van der Waals surface area contributed by atoms with Gasteiger partial charge in [-0.2, -0.15) is 0 Å². The fourth-order valence-corrected chi connectivity index (χ4v) is 3.71. The van der Waals surface area contributed by atoms with E-state index in [1.807, 2.05) is 0 Å². The van der Waals surface area contributed by atoms with Crippen LogP contribution < -0.4 is 4.31 Å². The van der Waals surface area contributed by atoms with Gasteiger partial charge in [0.05, 0.1) is 10.6 Å². The molecular weight excluding hydrogens is 274 g/mol. The number of aliphatic hydroxyl groups is 1. The Morgan fingerprint density at radius 1 is 0.900 bits per heavy atom. The molecule has 0 radical (unpaired) electrons. The van der Waals surface area contributed by atoms with Crippen LogP contribution in [0.15, 0.2) is 65.6 Å². The van der Waals surface area contributed by atoms with Crippen LogP contribution in [0.5, 0.6) is 0 Å². The van der Waals surface area contributed by atoms with Crippen LogP contribution in [0.25, 0.3) is 0 Å². The molecule has 0 unspecified atom stereocenters. The monoisotopic (exact) mass is 291 g/mol. The lowest BCUT2D eigenvalue weighted by Gasteiger charge is -2.34. The summed E-state index contributed by atoms with van der Waals surface area (Å²) in [5, 5.41) is 10.3. The molecule has 2 aromatic rings. The number of nitrogens with zero attached hydrogens (tertiary/aromatic N) is 1. The molecule has 0 atom stereocenters. The molecule has 4 nitrogen and oxygen atoms in total. The second-order valence-electron chi connectivity index (χ2n) is 4.91. The van der Waals surface area contributed by atoms with Gasteiger partial charge >= 0.3 is 0 Å². The first-order valence-electron chi connectivity index (χ1n) is 6.21. The van der Waals surface area contributed by atoms with Gasteiger partial charge in [0.25, 0.3) is 10.0 Å². The van der Waals surface area contributed by atoms with Crippen molar-refractivity contribution in [3.05, 3.63) is 60.7 Å². The minimum atomic E-state index is -3.83. The van der Waals surface area contributed by atoms with Crippen LogP contribution in [-0.2, 0) is 10.0 Å². The lowest BCUT2D eigenvalue weighted by atomic mass is 10.2. The normalized spacial score (nSPS) is 12.2. The summed E-state index contributed by atoms with van der Waals surface area (Å²) in [6.07, 6.45) is 0. The van der Waals surface area contributed by atoms with Crippen LogP contribution >= 0.6 is 0 Å². The van der Waals surface area contributed by atoms with Crippen LogP contribution in [0, 0.1) is 0 Å². The maximum absolute atomic E-state index is 12.7. The largest absolute Gasteiger partial charge is 0.370 e. The Balaban J connectivity index is 2.60. The molecule has 5 heteroatoms. The molecule has 0 aliphatic heterocycles. The van der Waals surface area contributed by atoms with E-state index in [9.17, 15) is 13.5 Å². The van der Waals surface area contributed by atoms with E-state index < -0.39 is 15.7 Å². The van der Waals surface area contributed by atoms with Crippen LogP contribution in [0.4, 0.5) is 5.69 Å². The topological polar surface area (TPSA) is 57.6 Å². The number of hydrogen-bond acceptors (Lipinski definition) is 3. The summed E-state index contributed by atoms with van der Waals surface area (Å²) < 4.78 is 26.5. The van der Waals surface area contributed by atoms with E-state index in [0.29, 0.717) is 5.69 Å². The predicted octanol–water partition coefficient (Wildman–Crippen LogP) is 2.61. The molecule has 0 bridgehead atoms. The van der Waals surface area contributed by atoms with E-state index >= 15 is 0 Å². The highest BCUT2D eigenvalue weighted by Gasteiger charge is 2.35. The quantitative estimate of drug-likeness (QED) is 0.881. The number of para-hydroxylation sites is 1. The molecule has 106 valence electrons. The number of sulfonamides is 1. The highest BCUT2D eigenvalue weighted by Crippen LogP contribution is 2.29. The zero-order valence-corrected chi connectivity index (χ0v) is 12.2. The van der Waals surface area contributed by atoms with E-state index in [1.165, 1.54) is 26.0 Å². The smallest absolute Gasteiger partial charge is 0.266 e. The van der Waals surface area contributed by atoms with Crippen molar-refractivity contribution >= 4 is 15.7 Å². The second-order valence-corrected chi connectivity index (χ2v) is 6.70. The van der Waals surface area contributed by atoms with Gasteiger partial charge in [0.2, 0.25) is 0 Å². The predicted molar refractivity (Wildman–Crippen MR) is 78.8 cm³/mol.